The van der Waals surface area contributed by atoms with Crippen LogP contribution in [0.3, 0.4) is 0 Å². The Morgan fingerprint density at radius 3 is 2.17 bits per heavy atom. The highest BCUT2D eigenvalue weighted by atomic mass is 35.5. The van der Waals surface area contributed by atoms with E-state index in [2.05, 4.69) is 0 Å². The first kappa shape index (κ1) is 17.3. The van der Waals surface area contributed by atoms with Gasteiger partial charge in [0.05, 0.1) is 0 Å². The maximum atomic E-state index is 12.6. The van der Waals surface area contributed by atoms with E-state index in [-0.39, 0.29) is 0 Å². The zero-order chi connectivity index (χ0) is 17.0. The van der Waals surface area contributed by atoms with Gasteiger partial charge in [-0.1, -0.05) is 54.8 Å². The van der Waals surface area contributed by atoms with Gasteiger partial charge in [0.2, 0.25) is 0 Å². The Morgan fingerprint density at radius 2 is 1.50 bits per heavy atom. The summed E-state index contributed by atoms with van der Waals surface area (Å²) in [4.78, 5) is 0. The number of hydrogen-bond donors (Lipinski definition) is 0. The largest absolute Gasteiger partial charge is 0.385 e. The van der Waals surface area contributed by atoms with E-state index in [0.29, 0.717) is 23.9 Å². The van der Waals surface area contributed by atoms with Crippen molar-refractivity contribution in [3.63, 3.8) is 0 Å². The SMILES string of the molecule is O=S(=O)(Oc1ccccc1-c1ccc(Cl)cc1)N1CCCCCC1. The second-order valence-electron chi connectivity index (χ2n) is 5.86. The van der Waals surface area contributed by atoms with Crippen LogP contribution >= 0.6 is 11.6 Å². The average Bonchev–Trinajstić information content (AvgIpc) is 2.86. The van der Waals surface area contributed by atoms with Crippen molar-refractivity contribution in [2.45, 2.75) is 25.7 Å². The molecule has 0 bridgehead atoms. The Labute approximate surface area is 148 Å². The summed E-state index contributed by atoms with van der Waals surface area (Å²) in [6, 6.07) is 14.4. The van der Waals surface area contributed by atoms with Crippen molar-refractivity contribution in [1.82, 2.24) is 4.31 Å². The zero-order valence-corrected chi connectivity index (χ0v) is 14.9. The highest BCUT2D eigenvalue weighted by Crippen LogP contribution is 2.32. The molecule has 0 spiro atoms. The fraction of sp³-hybridized carbons (Fsp3) is 0.333. The molecule has 2 aromatic carbocycles. The second-order valence-corrected chi connectivity index (χ2v) is 7.83. The standard InChI is InChI=1S/C18H20ClNO3S/c19-16-11-9-15(10-12-16)17-7-3-4-8-18(17)23-24(21,22)20-13-5-1-2-6-14-20/h3-4,7-12H,1-2,5-6,13-14H2. The Bertz CT molecular complexity index is 782. The molecule has 1 saturated heterocycles. The molecule has 1 fully saturated rings. The van der Waals surface area contributed by atoms with Gasteiger partial charge in [0.15, 0.2) is 5.75 Å². The summed E-state index contributed by atoms with van der Waals surface area (Å²) in [5, 5.41) is 0.634. The van der Waals surface area contributed by atoms with E-state index < -0.39 is 10.3 Å². The van der Waals surface area contributed by atoms with Gasteiger partial charge in [0.1, 0.15) is 0 Å². The highest BCUT2D eigenvalue weighted by molar-refractivity contribution is 7.84. The average molecular weight is 366 g/mol. The van der Waals surface area contributed by atoms with Crippen LogP contribution in [-0.4, -0.2) is 25.8 Å². The van der Waals surface area contributed by atoms with Crippen LogP contribution in [0.25, 0.3) is 11.1 Å². The summed E-state index contributed by atoms with van der Waals surface area (Å²) in [7, 11) is -3.79. The van der Waals surface area contributed by atoms with Gasteiger partial charge in [0.25, 0.3) is 0 Å². The first-order valence-electron chi connectivity index (χ1n) is 8.11. The molecule has 24 heavy (non-hydrogen) atoms. The molecule has 0 N–H and O–H groups in total. The summed E-state index contributed by atoms with van der Waals surface area (Å²) >= 11 is 5.93. The van der Waals surface area contributed by atoms with E-state index in [9.17, 15) is 8.42 Å². The van der Waals surface area contributed by atoms with Crippen molar-refractivity contribution < 1.29 is 12.6 Å². The molecule has 0 atom stereocenters. The molecule has 1 aliphatic rings. The molecule has 3 rings (SSSR count). The predicted molar refractivity (Wildman–Crippen MR) is 96.5 cm³/mol. The molecule has 0 aliphatic carbocycles. The van der Waals surface area contributed by atoms with E-state index in [0.717, 1.165) is 36.8 Å². The molecule has 2 aromatic rings. The van der Waals surface area contributed by atoms with Crippen LogP contribution in [-0.2, 0) is 10.3 Å². The van der Waals surface area contributed by atoms with E-state index in [1.807, 2.05) is 24.3 Å². The van der Waals surface area contributed by atoms with Crippen molar-refractivity contribution in [1.29, 1.82) is 0 Å². The summed E-state index contributed by atoms with van der Waals surface area (Å²) < 4.78 is 32.2. The lowest BCUT2D eigenvalue weighted by Gasteiger charge is -2.20. The molecular weight excluding hydrogens is 346 g/mol. The second kappa shape index (κ2) is 7.55. The highest BCUT2D eigenvalue weighted by Gasteiger charge is 2.26. The third-order valence-electron chi connectivity index (χ3n) is 4.12. The smallest absolute Gasteiger partial charge is 0.370 e. The molecule has 6 heteroatoms. The van der Waals surface area contributed by atoms with Crippen LogP contribution in [0.1, 0.15) is 25.7 Å². The van der Waals surface area contributed by atoms with E-state index in [4.69, 9.17) is 15.8 Å². The van der Waals surface area contributed by atoms with Gasteiger partial charge in [-0.3, -0.25) is 0 Å². The summed E-state index contributed by atoms with van der Waals surface area (Å²) in [5.41, 5.74) is 1.59. The maximum Gasteiger partial charge on any atom is 0.385 e. The lowest BCUT2D eigenvalue weighted by molar-refractivity contribution is 0.363. The Morgan fingerprint density at radius 1 is 0.875 bits per heavy atom. The van der Waals surface area contributed by atoms with Crippen LogP contribution in [0.2, 0.25) is 5.02 Å². The number of rotatable bonds is 4. The molecule has 1 aliphatic heterocycles. The Balaban J connectivity index is 1.88. The predicted octanol–water partition coefficient (Wildman–Crippen LogP) is 4.51. The number of nitrogens with zero attached hydrogens (tertiary/aromatic N) is 1. The van der Waals surface area contributed by atoms with Gasteiger partial charge < -0.3 is 4.18 Å². The van der Waals surface area contributed by atoms with Crippen LogP contribution in [0.15, 0.2) is 48.5 Å². The summed E-state index contributed by atoms with van der Waals surface area (Å²) in [5.74, 6) is 0.337. The van der Waals surface area contributed by atoms with Crippen LogP contribution in [0.5, 0.6) is 5.75 Å². The zero-order valence-electron chi connectivity index (χ0n) is 13.3. The van der Waals surface area contributed by atoms with Gasteiger partial charge in [-0.25, -0.2) is 0 Å². The summed E-state index contributed by atoms with van der Waals surface area (Å²) in [6.07, 6.45) is 3.88. The molecule has 1 heterocycles. The van der Waals surface area contributed by atoms with E-state index in [1.165, 1.54) is 4.31 Å². The minimum Gasteiger partial charge on any atom is -0.370 e. The number of para-hydroxylation sites is 1. The third-order valence-corrected chi connectivity index (χ3v) is 5.76. The van der Waals surface area contributed by atoms with Crippen LogP contribution in [0, 0.1) is 0 Å². The van der Waals surface area contributed by atoms with Gasteiger partial charge in [0, 0.05) is 23.7 Å². The first-order valence-corrected chi connectivity index (χ1v) is 9.85. The van der Waals surface area contributed by atoms with Crippen molar-refractivity contribution in [2.24, 2.45) is 0 Å². The first-order chi connectivity index (χ1) is 11.6. The maximum absolute atomic E-state index is 12.6. The van der Waals surface area contributed by atoms with Gasteiger partial charge in [-0.2, -0.15) is 12.7 Å². The Kier molecular flexibility index (Phi) is 5.43. The Hall–Kier alpha value is -1.56. The van der Waals surface area contributed by atoms with Crippen molar-refractivity contribution in [2.75, 3.05) is 13.1 Å². The third kappa shape index (κ3) is 4.09. The van der Waals surface area contributed by atoms with E-state index >= 15 is 0 Å². The van der Waals surface area contributed by atoms with Crippen LogP contribution in [0.4, 0.5) is 0 Å². The quantitative estimate of drug-likeness (QED) is 0.801. The van der Waals surface area contributed by atoms with Gasteiger partial charge in [-0.15, -0.1) is 0 Å². The molecule has 0 amide bonds. The minimum absolute atomic E-state index is 0.337. The molecule has 0 saturated carbocycles. The van der Waals surface area contributed by atoms with Crippen molar-refractivity contribution in [3.8, 4) is 16.9 Å². The van der Waals surface area contributed by atoms with E-state index in [1.54, 1.807) is 24.3 Å². The fourth-order valence-corrected chi connectivity index (χ4v) is 4.15. The van der Waals surface area contributed by atoms with Crippen molar-refractivity contribution in [3.05, 3.63) is 53.6 Å². The molecule has 0 radical (unpaired) electrons. The number of hydrogen-bond acceptors (Lipinski definition) is 3. The number of halogens is 1. The van der Waals surface area contributed by atoms with Gasteiger partial charge in [-0.05, 0) is 36.6 Å². The van der Waals surface area contributed by atoms with Crippen molar-refractivity contribution >= 4 is 21.9 Å². The summed E-state index contributed by atoms with van der Waals surface area (Å²) in [6.45, 7) is 1.04. The van der Waals surface area contributed by atoms with Crippen LogP contribution < -0.4 is 4.18 Å². The topological polar surface area (TPSA) is 46.6 Å². The monoisotopic (exact) mass is 365 g/mol. The molecular formula is C18H20ClNO3S. The fourth-order valence-electron chi connectivity index (χ4n) is 2.84. The lowest BCUT2D eigenvalue weighted by atomic mass is 10.1. The minimum atomic E-state index is -3.79. The lowest BCUT2D eigenvalue weighted by Crippen LogP contribution is -2.35. The molecule has 128 valence electrons. The van der Waals surface area contributed by atoms with Gasteiger partial charge >= 0.3 is 10.3 Å². The normalized spacial score (nSPS) is 16.5. The molecule has 0 aromatic heterocycles. The molecule has 4 nitrogen and oxygen atoms in total. The number of benzene rings is 2. The molecule has 0 unspecified atom stereocenters.